The number of nitro groups is 1. The highest BCUT2D eigenvalue weighted by atomic mass is 16.6. The Kier molecular flexibility index (Phi) is 5.07. The lowest BCUT2D eigenvalue weighted by molar-refractivity contribution is -0.383. The highest BCUT2D eigenvalue weighted by molar-refractivity contribution is 5.76. The first-order valence-corrected chi connectivity index (χ1v) is 8.23. The fourth-order valence-electron chi connectivity index (χ4n) is 2.48. The van der Waals surface area contributed by atoms with Crippen LogP contribution in [0.2, 0.25) is 0 Å². The first-order chi connectivity index (χ1) is 12.5. The summed E-state index contributed by atoms with van der Waals surface area (Å²) in [6.45, 7) is 4.22. The molecule has 0 atom stereocenters. The van der Waals surface area contributed by atoms with Gasteiger partial charge in [-0.15, -0.1) is 0 Å². The van der Waals surface area contributed by atoms with Crippen LogP contribution >= 0.6 is 0 Å². The quantitative estimate of drug-likeness (QED) is 0.481. The first kappa shape index (κ1) is 17.3. The predicted molar refractivity (Wildman–Crippen MR) is 102 cm³/mol. The number of hydrogen-bond donors (Lipinski definition) is 2. The van der Waals surface area contributed by atoms with Crippen LogP contribution in [-0.4, -0.2) is 14.9 Å². The number of hydrogen-bond acceptors (Lipinski definition) is 6. The van der Waals surface area contributed by atoms with Crippen LogP contribution in [-0.2, 0) is 0 Å². The van der Waals surface area contributed by atoms with E-state index in [0.717, 1.165) is 5.69 Å². The predicted octanol–water partition coefficient (Wildman–Crippen LogP) is 5.00. The van der Waals surface area contributed by atoms with Gasteiger partial charge in [0.2, 0.25) is 11.6 Å². The van der Waals surface area contributed by atoms with E-state index < -0.39 is 4.92 Å². The monoisotopic (exact) mass is 349 g/mol. The normalized spacial score (nSPS) is 10.6. The third-order valence-electron chi connectivity index (χ3n) is 3.88. The standard InChI is InChI=1S/C19H19N5O2/c1-13(2)14-8-10-16(11-9-14)23-19-17(24(25)26)18(20-12-21-19)22-15-6-4-3-5-7-15/h3-13H,1-2H3,(H2,20,21,22,23). The zero-order chi connectivity index (χ0) is 18.5. The minimum atomic E-state index is -0.490. The van der Waals surface area contributed by atoms with Crippen molar-refractivity contribution in [2.45, 2.75) is 19.8 Å². The first-order valence-electron chi connectivity index (χ1n) is 8.23. The maximum absolute atomic E-state index is 11.6. The topological polar surface area (TPSA) is 93.0 Å². The van der Waals surface area contributed by atoms with Crippen molar-refractivity contribution in [3.8, 4) is 0 Å². The van der Waals surface area contributed by atoms with Crippen molar-refractivity contribution in [1.29, 1.82) is 0 Å². The van der Waals surface area contributed by atoms with Gasteiger partial charge in [-0.2, -0.15) is 0 Å². The average molecular weight is 349 g/mol. The van der Waals surface area contributed by atoms with E-state index in [4.69, 9.17) is 0 Å². The molecule has 26 heavy (non-hydrogen) atoms. The van der Waals surface area contributed by atoms with E-state index in [0.29, 0.717) is 11.6 Å². The third-order valence-corrected chi connectivity index (χ3v) is 3.88. The summed E-state index contributed by atoms with van der Waals surface area (Å²) in [6, 6.07) is 16.9. The molecule has 0 aliphatic carbocycles. The van der Waals surface area contributed by atoms with E-state index in [1.54, 1.807) is 0 Å². The Balaban J connectivity index is 1.91. The summed E-state index contributed by atoms with van der Waals surface area (Å²) in [5.41, 5.74) is 2.42. The summed E-state index contributed by atoms with van der Waals surface area (Å²) in [4.78, 5) is 19.2. The van der Waals surface area contributed by atoms with Gasteiger partial charge in [-0.05, 0) is 35.7 Å². The van der Waals surface area contributed by atoms with Gasteiger partial charge in [0, 0.05) is 11.4 Å². The van der Waals surface area contributed by atoms with Crippen LogP contribution in [0.4, 0.5) is 28.7 Å². The Bertz CT molecular complexity index is 896. The van der Waals surface area contributed by atoms with Crippen molar-refractivity contribution in [2.24, 2.45) is 0 Å². The zero-order valence-electron chi connectivity index (χ0n) is 14.5. The van der Waals surface area contributed by atoms with Crippen molar-refractivity contribution in [3.05, 3.63) is 76.6 Å². The minimum Gasteiger partial charge on any atom is -0.334 e. The number of anilines is 4. The molecule has 7 nitrogen and oxygen atoms in total. The van der Waals surface area contributed by atoms with Gasteiger partial charge in [0.1, 0.15) is 6.33 Å². The second kappa shape index (κ2) is 7.60. The molecule has 132 valence electrons. The van der Waals surface area contributed by atoms with Gasteiger partial charge in [-0.1, -0.05) is 44.2 Å². The molecule has 1 aromatic heterocycles. The van der Waals surface area contributed by atoms with Crippen molar-refractivity contribution >= 4 is 28.7 Å². The molecular formula is C19H19N5O2. The summed E-state index contributed by atoms with van der Waals surface area (Å²) < 4.78 is 0. The van der Waals surface area contributed by atoms with Gasteiger partial charge in [0.25, 0.3) is 0 Å². The Labute approximate surface area is 151 Å². The fourth-order valence-corrected chi connectivity index (χ4v) is 2.48. The number of rotatable bonds is 6. The molecule has 0 unspecified atom stereocenters. The third kappa shape index (κ3) is 3.94. The van der Waals surface area contributed by atoms with E-state index in [-0.39, 0.29) is 17.3 Å². The number of aromatic nitrogens is 2. The highest BCUT2D eigenvalue weighted by Crippen LogP contribution is 2.33. The maximum Gasteiger partial charge on any atom is 0.353 e. The maximum atomic E-state index is 11.6. The zero-order valence-corrected chi connectivity index (χ0v) is 14.5. The Morgan fingerprint density at radius 2 is 1.42 bits per heavy atom. The van der Waals surface area contributed by atoms with Crippen molar-refractivity contribution in [3.63, 3.8) is 0 Å². The summed E-state index contributed by atoms with van der Waals surface area (Å²) in [5.74, 6) is 0.692. The summed E-state index contributed by atoms with van der Waals surface area (Å²) in [6.07, 6.45) is 1.29. The van der Waals surface area contributed by atoms with Crippen molar-refractivity contribution in [1.82, 2.24) is 9.97 Å². The second-order valence-corrected chi connectivity index (χ2v) is 6.07. The average Bonchev–Trinajstić information content (AvgIpc) is 2.63. The molecule has 0 spiro atoms. The van der Waals surface area contributed by atoms with Gasteiger partial charge in [-0.3, -0.25) is 10.1 Å². The molecule has 0 bridgehead atoms. The van der Waals surface area contributed by atoms with E-state index in [9.17, 15) is 10.1 Å². The number of para-hydroxylation sites is 1. The highest BCUT2D eigenvalue weighted by Gasteiger charge is 2.23. The minimum absolute atomic E-state index is 0.137. The molecule has 2 N–H and O–H groups in total. The molecule has 0 fully saturated rings. The van der Waals surface area contributed by atoms with Crippen LogP contribution in [0.15, 0.2) is 60.9 Å². The van der Waals surface area contributed by atoms with Crippen molar-refractivity contribution < 1.29 is 4.92 Å². The van der Waals surface area contributed by atoms with Gasteiger partial charge in [0.05, 0.1) is 4.92 Å². The molecule has 0 radical (unpaired) electrons. The van der Waals surface area contributed by atoms with Crippen LogP contribution in [0.5, 0.6) is 0 Å². The SMILES string of the molecule is CC(C)c1ccc(Nc2ncnc(Nc3ccccc3)c2[N+](=O)[O-])cc1. The van der Waals surface area contributed by atoms with Gasteiger partial charge in [0.15, 0.2) is 0 Å². The fraction of sp³-hybridized carbons (Fsp3) is 0.158. The van der Waals surface area contributed by atoms with E-state index in [1.165, 1.54) is 11.9 Å². The van der Waals surface area contributed by atoms with E-state index in [1.807, 2.05) is 54.6 Å². The Morgan fingerprint density at radius 1 is 0.885 bits per heavy atom. The summed E-state index contributed by atoms with van der Waals surface area (Å²) in [5, 5.41) is 17.6. The Hall–Kier alpha value is -3.48. The van der Waals surface area contributed by atoms with Gasteiger partial charge < -0.3 is 10.6 Å². The molecule has 0 amide bonds. The largest absolute Gasteiger partial charge is 0.353 e. The lowest BCUT2D eigenvalue weighted by Gasteiger charge is -2.11. The molecule has 1 heterocycles. The molecule has 3 aromatic rings. The lowest BCUT2D eigenvalue weighted by atomic mass is 10.0. The van der Waals surface area contributed by atoms with Crippen LogP contribution in [0.1, 0.15) is 25.3 Å². The van der Waals surface area contributed by atoms with Crippen LogP contribution in [0, 0.1) is 10.1 Å². The summed E-state index contributed by atoms with van der Waals surface area (Å²) >= 11 is 0. The molecule has 0 saturated heterocycles. The molecule has 7 heteroatoms. The second-order valence-electron chi connectivity index (χ2n) is 6.07. The Morgan fingerprint density at radius 3 is 1.92 bits per heavy atom. The molecule has 0 saturated carbocycles. The number of nitrogens with one attached hydrogen (secondary N) is 2. The number of benzene rings is 2. The van der Waals surface area contributed by atoms with Crippen molar-refractivity contribution in [2.75, 3.05) is 10.6 Å². The lowest BCUT2D eigenvalue weighted by Crippen LogP contribution is -2.05. The molecule has 0 aliphatic heterocycles. The van der Waals surface area contributed by atoms with Gasteiger partial charge in [-0.25, -0.2) is 9.97 Å². The molecular weight excluding hydrogens is 330 g/mol. The van der Waals surface area contributed by atoms with Crippen LogP contribution in [0.3, 0.4) is 0 Å². The van der Waals surface area contributed by atoms with Gasteiger partial charge >= 0.3 is 5.69 Å². The summed E-state index contributed by atoms with van der Waals surface area (Å²) in [7, 11) is 0. The number of nitrogens with zero attached hydrogens (tertiary/aromatic N) is 3. The van der Waals surface area contributed by atoms with Crippen LogP contribution in [0.25, 0.3) is 0 Å². The molecule has 2 aromatic carbocycles. The smallest absolute Gasteiger partial charge is 0.334 e. The van der Waals surface area contributed by atoms with E-state index >= 15 is 0 Å². The van der Waals surface area contributed by atoms with E-state index in [2.05, 4.69) is 34.4 Å². The molecule has 3 rings (SSSR count). The molecule has 0 aliphatic rings. The van der Waals surface area contributed by atoms with Crippen LogP contribution < -0.4 is 10.6 Å².